The average molecular weight is 338 g/mol. The molecule has 3 aromatic rings. The monoisotopic (exact) mass is 338 g/mol. The Kier molecular flexibility index (Phi) is 4.84. The Morgan fingerprint density at radius 1 is 1.08 bits per heavy atom. The molecule has 0 unspecified atom stereocenters. The Labute approximate surface area is 144 Å². The van der Waals surface area contributed by atoms with E-state index in [1.807, 2.05) is 30.3 Å². The van der Waals surface area contributed by atoms with Gasteiger partial charge < -0.3 is 13.9 Å². The van der Waals surface area contributed by atoms with Gasteiger partial charge in [-0.2, -0.15) is 0 Å². The van der Waals surface area contributed by atoms with Crippen molar-refractivity contribution in [2.24, 2.45) is 0 Å². The van der Waals surface area contributed by atoms with Gasteiger partial charge in [-0.1, -0.05) is 30.3 Å². The summed E-state index contributed by atoms with van der Waals surface area (Å²) >= 11 is 0. The van der Waals surface area contributed by atoms with Crippen LogP contribution in [0.4, 0.5) is 0 Å². The second-order valence-corrected chi connectivity index (χ2v) is 5.65. The van der Waals surface area contributed by atoms with Gasteiger partial charge >= 0.3 is 11.6 Å². The third-order valence-electron chi connectivity index (χ3n) is 4.13. The number of esters is 1. The van der Waals surface area contributed by atoms with Crippen molar-refractivity contribution < 1.29 is 18.7 Å². The topological polar surface area (TPSA) is 65.7 Å². The first-order valence-electron chi connectivity index (χ1n) is 7.86. The molecular formula is C20H18O5. The molecule has 0 amide bonds. The van der Waals surface area contributed by atoms with Crippen LogP contribution in [0.2, 0.25) is 0 Å². The van der Waals surface area contributed by atoms with E-state index in [1.54, 1.807) is 18.2 Å². The molecule has 0 saturated carbocycles. The van der Waals surface area contributed by atoms with E-state index in [0.717, 1.165) is 5.56 Å². The first-order valence-corrected chi connectivity index (χ1v) is 7.86. The van der Waals surface area contributed by atoms with Gasteiger partial charge in [0.05, 0.1) is 20.1 Å². The molecule has 1 atom stereocenters. The van der Waals surface area contributed by atoms with Gasteiger partial charge in [-0.15, -0.1) is 0 Å². The fourth-order valence-corrected chi connectivity index (χ4v) is 2.90. The van der Waals surface area contributed by atoms with Gasteiger partial charge in [-0.3, -0.25) is 4.79 Å². The summed E-state index contributed by atoms with van der Waals surface area (Å²) in [5.41, 5.74) is 1.43. The summed E-state index contributed by atoms with van der Waals surface area (Å²) in [4.78, 5) is 24.4. The summed E-state index contributed by atoms with van der Waals surface area (Å²) in [6.07, 6.45) is 0.429. The minimum atomic E-state index is -0.604. The van der Waals surface area contributed by atoms with Crippen molar-refractivity contribution in [1.29, 1.82) is 0 Å². The largest absolute Gasteiger partial charge is 0.497 e. The number of carbonyl (C=O) groups is 1. The number of benzene rings is 2. The highest BCUT2D eigenvalue weighted by Gasteiger charge is 2.25. The van der Waals surface area contributed by atoms with Crippen molar-refractivity contribution in [1.82, 2.24) is 0 Å². The third-order valence-corrected chi connectivity index (χ3v) is 4.13. The zero-order valence-electron chi connectivity index (χ0n) is 14.0. The predicted octanol–water partition coefficient (Wildman–Crippen LogP) is 3.30. The van der Waals surface area contributed by atoms with E-state index in [2.05, 4.69) is 0 Å². The Bertz CT molecular complexity index is 943. The Hall–Kier alpha value is -3.08. The number of methoxy groups -OCH3 is 2. The van der Waals surface area contributed by atoms with Crippen LogP contribution in [-0.4, -0.2) is 20.2 Å². The number of carbonyl (C=O) groups excluding carboxylic acids is 1. The predicted molar refractivity (Wildman–Crippen MR) is 93.9 cm³/mol. The van der Waals surface area contributed by atoms with Crippen LogP contribution in [0.3, 0.4) is 0 Å². The molecule has 0 aliphatic carbocycles. The molecule has 0 aliphatic heterocycles. The van der Waals surface area contributed by atoms with Crippen LogP contribution in [0.5, 0.6) is 5.75 Å². The van der Waals surface area contributed by atoms with E-state index in [1.165, 1.54) is 20.3 Å². The zero-order valence-corrected chi connectivity index (χ0v) is 14.0. The smallest absolute Gasteiger partial charge is 0.336 e. The summed E-state index contributed by atoms with van der Waals surface area (Å²) in [7, 11) is 2.88. The van der Waals surface area contributed by atoms with E-state index < -0.39 is 17.5 Å². The van der Waals surface area contributed by atoms with Gasteiger partial charge in [0, 0.05) is 17.5 Å². The van der Waals surface area contributed by atoms with Crippen LogP contribution >= 0.6 is 0 Å². The molecule has 0 saturated heterocycles. The molecule has 1 aromatic heterocycles. The first kappa shape index (κ1) is 16.8. The normalized spacial score (nSPS) is 11.9. The lowest BCUT2D eigenvalue weighted by Crippen LogP contribution is -2.19. The fraction of sp³-hybridized carbons (Fsp3) is 0.200. The van der Waals surface area contributed by atoms with Crippen LogP contribution in [-0.2, 0) is 16.0 Å². The molecule has 3 rings (SSSR count). The highest BCUT2D eigenvalue weighted by atomic mass is 16.5. The lowest BCUT2D eigenvalue weighted by Gasteiger charge is -2.17. The summed E-state index contributed by atoms with van der Waals surface area (Å²) < 4.78 is 15.4. The van der Waals surface area contributed by atoms with Crippen molar-refractivity contribution in [3.8, 4) is 5.75 Å². The lowest BCUT2D eigenvalue weighted by atomic mass is 9.90. The van der Waals surface area contributed by atoms with Crippen LogP contribution in [0, 0.1) is 0 Å². The lowest BCUT2D eigenvalue weighted by molar-refractivity contribution is -0.142. The van der Waals surface area contributed by atoms with Crippen LogP contribution in [0.25, 0.3) is 11.0 Å². The van der Waals surface area contributed by atoms with E-state index in [0.29, 0.717) is 28.7 Å². The SMILES string of the molecule is COC(=O)[C@@H](Cc1ccccc1)c1cc(=O)oc2cc(OC)ccc12. The number of fused-ring (bicyclic) bond motifs is 1. The van der Waals surface area contributed by atoms with Crippen molar-refractivity contribution in [3.05, 3.63) is 76.1 Å². The number of hydrogen-bond acceptors (Lipinski definition) is 5. The number of hydrogen-bond donors (Lipinski definition) is 0. The van der Waals surface area contributed by atoms with Crippen LogP contribution in [0.1, 0.15) is 17.0 Å². The second kappa shape index (κ2) is 7.21. The maximum Gasteiger partial charge on any atom is 0.336 e. The molecule has 0 aliphatic rings. The Morgan fingerprint density at radius 3 is 2.52 bits per heavy atom. The van der Waals surface area contributed by atoms with Crippen molar-refractivity contribution in [2.75, 3.05) is 14.2 Å². The van der Waals surface area contributed by atoms with Crippen LogP contribution in [0.15, 0.2) is 63.8 Å². The molecule has 1 heterocycles. The minimum Gasteiger partial charge on any atom is -0.497 e. The van der Waals surface area contributed by atoms with E-state index in [4.69, 9.17) is 13.9 Å². The Balaban J connectivity index is 2.15. The molecule has 128 valence electrons. The highest BCUT2D eigenvalue weighted by Crippen LogP contribution is 2.30. The van der Waals surface area contributed by atoms with Gasteiger partial charge in [0.1, 0.15) is 11.3 Å². The number of ether oxygens (including phenoxy) is 2. The van der Waals surface area contributed by atoms with Crippen molar-refractivity contribution >= 4 is 16.9 Å². The fourth-order valence-electron chi connectivity index (χ4n) is 2.90. The second-order valence-electron chi connectivity index (χ2n) is 5.65. The van der Waals surface area contributed by atoms with E-state index in [9.17, 15) is 9.59 Å². The van der Waals surface area contributed by atoms with Crippen molar-refractivity contribution in [2.45, 2.75) is 12.3 Å². The molecule has 0 spiro atoms. The molecule has 0 radical (unpaired) electrons. The maximum absolute atomic E-state index is 12.4. The van der Waals surface area contributed by atoms with Gasteiger partial charge in [-0.25, -0.2) is 4.79 Å². The average Bonchev–Trinajstić information content (AvgIpc) is 2.65. The quantitative estimate of drug-likeness (QED) is 0.527. The summed E-state index contributed by atoms with van der Waals surface area (Å²) in [6, 6.07) is 16.2. The van der Waals surface area contributed by atoms with Gasteiger partial charge in [0.15, 0.2) is 0 Å². The summed E-state index contributed by atoms with van der Waals surface area (Å²) in [5, 5.41) is 0.687. The molecule has 5 heteroatoms. The highest BCUT2D eigenvalue weighted by molar-refractivity contribution is 5.89. The Morgan fingerprint density at radius 2 is 1.84 bits per heavy atom. The van der Waals surface area contributed by atoms with Crippen molar-refractivity contribution in [3.63, 3.8) is 0 Å². The molecular weight excluding hydrogens is 320 g/mol. The molecule has 0 fully saturated rings. The number of rotatable bonds is 5. The van der Waals surface area contributed by atoms with Gasteiger partial charge in [-0.05, 0) is 29.7 Å². The van der Waals surface area contributed by atoms with E-state index in [-0.39, 0.29) is 0 Å². The molecule has 25 heavy (non-hydrogen) atoms. The van der Waals surface area contributed by atoms with E-state index >= 15 is 0 Å². The molecule has 2 aromatic carbocycles. The summed E-state index contributed by atoms with van der Waals surface area (Å²) in [6.45, 7) is 0. The maximum atomic E-state index is 12.4. The third kappa shape index (κ3) is 3.55. The first-order chi connectivity index (χ1) is 12.1. The standard InChI is InChI=1S/C20H18O5/c1-23-14-8-9-15-16(12-19(21)25-18(15)11-14)17(20(22)24-2)10-13-6-4-3-5-7-13/h3-9,11-12,17H,10H2,1-2H3/t17-/m0/s1. The molecule has 0 N–H and O–H groups in total. The molecule has 5 nitrogen and oxygen atoms in total. The molecule has 0 bridgehead atoms. The minimum absolute atomic E-state index is 0.379. The zero-order chi connectivity index (χ0) is 17.8. The van der Waals surface area contributed by atoms with Gasteiger partial charge in [0.2, 0.25) is 0 Å². The summed E-state index contributed by atoms with van der Waals surface area (Å²) in [5.74, 6) is -0.426. The van der Waals surface area contributed by atoms with Gasteiger partial charge in [0.25, 0.3) is 0 Å². The van der Waals surface area contributed by atoms with Crippen LogP contribution < -0.4 is 10.4 Å².